The highest BCUT2D eigenvalue weighted by Crippen LogP contribution is 2.35. The lowest BCUT2D eigenvalue weighted by Crippen LogP contribution is -2.43. The second-order valence-corrected chi connectivity index (χ2v) is 5.84. The maximum atomic E-state index is 10.6. The first-order valence-corrected chi connectivity index (χ1v) is 7.02. The lowest BCUT2D eigenvalue weighted by molar-refractivity contribution is 0.0545. The monoisotopic (exact) mass is 246 g/mol. The van der Waals surface area contributed by atoms with Gasteiger partial charge in [0.25, 0.3) is 0 Å². The zero-order valence-electron chi connectivity index (χ0n) is 10.9. The van der Waals surface area contributed by atoms with Crippen molar-refractivity contribution in [3.8, 4) is 0 Å². The minimum Gasteiger partial charge on any atom is -0.399 e. The molecule has 3 N–H and O–H groups in total. The molecule has 98 valence electrons. The molecule has 1 aliphatic heterocycles. The molecule has 1 aromatic rings. The molecule has 0 saturated heterocycles. The molecule has 1 saturated carbocycles. The first-order valence-electron chi connectivity index (χ1n) is 7.02. The molecular formula is C15H22N2O. The molecule has 1 aromatic carbocycles. The Morgan fingerprint density at radius 3 is 2.78 bits per heavy atom. The Bertz CT molecular complexity index is 438. The summed E-state index contributed by atoms with van der Waals surface area (Å²) in [6.07, 6.45) is 6.50. The molecule has 0 bridgehead atoms. The number of rotatable bonds is 2. The number of anilines is 2. The number of aliphatic hydroxyl groups is 1. The second kappa shape index (κ2) is 4.47. The third-order valence-corrected chi connectivity index (χ3v) is 4.34. The van der Waals surface area contributed by atoms with Crippen LogP contribution in [0, 0.1) is 0 Å². The smallest absolute Gasteiger partial charge is 0.0821 e. The van der Waals surface area contributed by atoms with Crippen molar-refractivity contribution in [3.63, 3.8) is 0 Å². The van der Waals surface area contributed by atoms with E-state index in [4.69, 9.17) is 5.73 Å². The van der Waals surface area contributed by atoms with Crippen LogP contribution >= 0.6 is 0 Å². The fourth-order valence-corrected chi connectivity index (χ4v) is 3.41. The molecule has 0 aromatic heterocycles. The number of benzene rings is 1. The van der Waals surface area contributed by atoms with E-state index in [0.29, 0.717) is 0 Å². The van der Waals surface area contributed by atoms with E-state index in [1.165, 1.54) is 24.1 Å². The summed E-state index contributed by atoms with van der Waals surface area (Å²) in [6.45, 7) is 1.84. The van der Waals surface area contributed by atoms with Crippen LogP contribution in [0.2, 0.25) is 0 Å². The molecule has 18 heavy (non-hydrogen) atoms. The van der Waals surface area contributed by atoms with Crippen molar-refractivity contribution in [2.24, 2.45) is 0 Å². The zero-order chi connectivity index (χ0) is 12.6. The molecule has 3 nitrogen and oxygen atoms in total. The van der Waals surface area contributed by atoms with Crippen molar-refractivity contribution < 1.29 is 5.11 Å². The van der Waals surface area contributed by atoms with Gasteiger partial charge in [0.1, 0.15) is 0 Å². The van der Waals surface area contributed by atoms with Gasteiger partial charge >= 0.3 is 0 Å². The molecule has 0 unspecified atom stereocenters. The van der Waals surface area contributed by atoms with E-state index in [0.717, 1.165) is 44.5 Å². The zero-order valence-corrected chi connectivity index (χ0v) is 10.9. The van der Waals surface area contributed by atoms with Crippen LogP contribution in [-0.2, 0) is 6.42 Å². The highest BCUT2D eigenvalue weighted by Gasteiger charge is 2.34. The number of hydrogen-bond acceptors (Lipinski definition) is 3. The standard InChI is InChI=1S/C15H22N2O/c16-13-5-6-14-12(10-13)4-3-9-17(14)11-15(18)7-1-2-8-15/h5-6,10,18H,1-4,7-9,11,16H2. The molecule has 1 aliphatic carbocycles. The fraction of sp³-hybridized carbons (Fsp3) is 0.600. The Labute approximate surface area is 109 Å². The van der Waals surface area contributed by atoms with Crippen LogP contribution in [0.5, 0.6) is 0 Å². The summed E-state index contributed by atoms with van der Waals surface area (Å²) in [7, 11) is 0. The molecule has 3 heteroatoms. The highest BCUT2D eigenvalue weighted by atomic mass is 16.3. The van der Waals surface area contributed by atoms with Crippen LogP contribution in [0.3, 0.4) is 0 Å². The third-order valence-electron chi connectivity index (χ3n) is 4.34. The van der Waals surface area contributed by atoms with Crippen molar-refractivity contribution in [2.45, 2.75) is 44.1 Å². The van der Waals surface area contributed by atoms with Crippen LogP contribution in [0.15, 0.2) is 18.2 Å². The van der Waals surface area contributed by atoms with E-state index in [2.05, 4.69) is 17.0 Å². The van der Waals surface area contributed by atoms with Gasteiger partial charge in [-0.25, -0.2) is 0 Å². The van der Waals surface area contributed by atoms with Crippen molar-refractivity contribution in [1.29, 1.82) is 0 Å². The molecular weight excluding hydrogens is 224 g/mol. The predicted octanol–water partition coefficient (Wildman–Crippen LogP) is 2.33. The van der Waals surface area contributed by atoms with E-state index in [1.807, 2.05) is 6.07 Å². The van der Waals surface area contributed by atoms with Gasteiger partial charge in [0, 0.05) is 24.5 Å². The normalized spacial score (nSPS) is 21.9. The van der Waals surface area contributed by atoms with Crippen LogP contribution in [0.4, 0.5) is 11.4 Å². The van der Waals surface area contributed by atoms with Gasteiger partial charge in [-0.2, -0.15) is 0 Å². The number of β-amino-alcohol motifs (C(OH)–C–C–N with tert-alkyl or cyclic N) is 1. The maximum absolute atomic E-state index is 10.6. The summed E-state index contributed by atoms with van der Waals surface area (Å²) in [5.41, 5.74) is 8.84. The quantitative estimate of drug-likeness (QED) is 0.787. The Morgan fingerprint density at radius 2 is 2.00 bits per heavy atom. The largest absolute Gasteiger partial charge is 0.399 e. The Morgan fingerprint density at radius 1 is 1.22 bits per heavy atom. The molecule has 2 aliphatic rings. The second-order valence-electron chi connectivity index (χ2n) is 5.84. The summed E-state index contributed by atoms with van der Waals surface area (Å²) >= 11 is 0. The minimum atomic E-state index is -0.462. The van der Waals surface area contributed by atoms with Crippen molar-refractivity contribution in [1.82, 2.24) is 0 Å². The summed E-state index contributed by atoms with van der Waals surface area (Å²) in [5.74, 6) is 0. The molecule has 0 amide bonds. The van der Waals surface area contributed by atoms with Crippen molar-refractivity contribution in [3.05, 3.63) is 23.8 Å². The van der Waals surface area contributed by atoms with E-state index in [9.17, 15) is 5.11 Å². The van der Waals surface area contributed by atoms with Gasteiger partial charge in [-0.3, -0.25) is 0 Å². The van der Waals surface area contributed by atoms with Crippen molar-refractivity contribution in [2.75, 3.05) is 23.7 Å². The van der Waals surface area contributed by atoms with Gasteiger partial charge in [0.05, 0.1) is 5.60 Å². The van der Waals surface area contributed by atoms with Gasteiger partial charge in [-0.1, -0.05) is 12.8 Å². The molecule has 0 atom stereocenters. The molecule has 3 rings (SSSR count). The number of fused-ring (bicyclic) bond motifs is 1. The Hall–Kier alpha value is -1.22. The van der Waals surface area contributed by atoms with E-state index < -0.39 is 5.60 Å². The van der Waals surface area contributed by atoms with E-state index >= 15 is 0 Å². The fourth-order valence-electron chi connectivity index (χ4n) is 3.41. The minimum absolute atomic E-state index is 0.462. The molecule has 1 fully saturated rings. The molecule has 0 spiro atoms. The molecule has 1 heterocycles. The summed E-state index contributed by atoms with van der Waals surface area (Å²) in [6, 6.07) is 6.16. The van der Waals surface area contributed by atoms with E-state index in [-0.39, 0.29) is 0 Å². The van der Waals surface area contributed by atoms with E-state index in [1.54, 1.807) is 0 Å². The number of hydrogen-bond donors (Lipinski definition) is 2. The lowest BCUT2D eigenvalue weighted by atomic mass is 9.96. The number of aryl methyl sites for hydroxylation is 1. The first kappa shape index (κ1) is 11.8. The summed E-state index contributed by atoms with van der Waals surface area (Å²) in [4.78, 5) is 2.35. The van der Waals surface area contributed by atoms with Crippen molar-refractivity contribution >= 4 is 11.4 Å². The number of nitrogens with two attached hydrogens (primary N) is 1. The molecule has 0 radical (unpaired) electrons. The van der Waals surface area contributed by atoms with Crippen LogP contribution in [0.1, 0.15) is 37.7 Å². The van der Waals surface area contributed by atoms with Gasteiger partial charge in [0.15, 0.2) is 0 Å². The summed E-state index contributed by atoms with van der Waals surface area (Å²) in [5, 5.41) is 10.6. The number of nitrogen functional groups attached to an aromatic ring is 1. The topological polar surface area (TPSA) is 49.5 Å². The Kier molecular flexibility index (Phi) is 2.94. The van der Waals surface area contributed by atoms with Crippen LogP contribution in [0.25, 0.3) is 0 Å². The predicted molar refractivity (Wildman–Crippen MR) is 74.8 cm³/mol. The average molecular weight is 246 g/mol. The Balaban J connectivity index is 1.83. The third kappa shape index (κ3) is 2.19. The van der Waals surface area contributed by atoms with Gasteiger partial charge in [-0.15, -0.1) is 0 Å². The van der Waals surface area contributed by atoms with Gasteiger partial charge in [-0.05, 0) is 49.4 Å². The SMILES string of the molecule is Nc1ccc2c(c1)CCCN2CC1(O)CCCC1. The average Bonchev–Trinajstić information content (AvgIpc) is 2.76. The highest BCUT2D eigenvalue weighted by molar-refractivity contribution is 5.61. The van der Waals surface area contributed by atoms with Crippen LogP contribution in [-0.4, -0.2) is 23.8 Å². The lowest BCUT2D eigenvalue weighted by Gasteiger charge is -2.37. The summed E-state index contributed by atoms with van der Waals surface area (Å²) < 4.78 is 0. The van der Waals surface area contributed by atoms with Crippen LogP contribution < -0.4 is 10.6 Å². The van der Waals surface area contributed by atoms with Gasteiger partial charge < -0.3 is 15.7 Å². The number of nitrogens with zero attached hydrogens (tertiary/aromatic N) is 1. The first-order chi connectivity index (χ1) is 8.66. The van der Waals surface area contributed by atoms with Gasteiger partial charge in [0.2, 0.25) is 0 Å². The maximum Gasteiger partial charge on any atom is 0.0821 e.